The summed E-state index contributed by atoms with van der Waals surface area (Å²) in [5.74, 6) is 0. The maximum atomic E-state index is 10.5. The van der Waals surface area contributed by atoms with E-state index in [2.05, 4.69) is 54.1 Å². The van der Waals surface area contributed by atoms with Crippen molar-refractivity contribution in [3.8, 4) is 0 Å². The van der Waals surface area contributed by atoms with Crippen LogP contribution in [0, 0.1) is 0 Å². The Morgan fingerprint density at radius 2 is 1.72 bits per heavy atom. The van der Waals surface area contributed by atoms with Gasteiger partial charge in [0.1, 0.15) is 0 Å². The molecule has 0 aliphatic heterocycles. The molecule has 0 aromatic heterocycles. The first-order valence-corrected chi connectivity index (χ1v) is 9.86. The highest BCUT2D eigenvalue weighted by Crippen LogP contribution is 2.52. The highest BCUT2D eigenvalue weighted by molar-refractivity contribution is 7.85. The summed E-state index contributed by atoms with van der Waals surface area (Å²) in [5, 5.41) is 0. The zero-order valence-electron chi connectivity index (χ0n) is 12.5. The largest absolute Gasteiger partial charge is 0.524 e. The van der Waals surface area contributed by atoms with Crippen LogP contribution in [0.4, 0.5) is 0 Å². The Morgan fingerprint density at radius 1 is 1.16 bits per heavy atom. The lowest BCUT2D eigenvalue weighted by Gasteiger charge is -2.22. The number of hydrogen-bond acceptors (Lipinski definition) is 8. The van der Waals surface area contributed by atoms with E-state index in [1.807, 2.05) is 30.4 Å². The van der Waals surface area contributed by atoms with Crippen molar-refractivity contribution in [2.45, 2.75) is 12.1 Å². The van der Waals surface area contributed by atoms with Gasteiger partial charge in [-0.15, -0.1) is 3.97 Å². The van der Waals surface area contributed by atoms with E-state index >= 15 is 0 Å². The maximum absolute atomic E-state index is 10.5. The zero-order valence-corrected chi connectivity index (χ0v) is 15.7. The molecular formula is C12H15Cl2N2O7PS. The number of nitrogens with two attached hydrogens (primary N) is 2. The fraction of sp³-hybridized carbons (Fsp3) is 0.167. The lowest BCUT2D eigenvalue weighted by Crippen LogP contribution is -2.47. The standard InChI is InChI=1S/C12H14N2.Cl2HO7PS/c13-12(14)8-6-11(7-9-12)10-4-2-1-3-5-10;1-7-10(3,8-2)9-11(4,5)6/h1-8H,9,13-14H2;(H,4,5,6). The Kier molecular flexibility index (Phi) is 8.23. The number of allylic oxidation sites excluding steroid dienone is 2. The minimum atomic E-state index is -4.99. The van der Waals surface area contributed by atoms with Crippen molar-refractivity contribution in [2.24, 2.45) is 11.5 Å². The Bertz CT molecular complexity index is 776. The number of hydrogen-bond donors (Lipinski definition) is 3. The molecule has 0 unspecified atom stereocenters. The van der Waals surface area contributed by atoms with Gasteiger partial charge in [-0.1, -0.05) is 42.5 Å². The highest BCUT2D eigenvalue weighted by Gasteiger charge is 2.33. The van der Waals surface area contributed by atoms with Gasteiger partial charge in [0.25, 0.3) is 0 Å². The Hall–Kier alpha value is -0.780. The quantitative estimate of drug-likeness (QED) is 0.362. The first-order chi connectivity index (χ1) is 11.5. The molecule has 0 saturated heterocycles. The number of halogens is 2. The molecule has 0 fully saturated rings. The molecule has 0 saturated carbocycles. The minimum Gasteiger partial charge on any atom is -0.310 e. The lowest BCUT2D eigenvalue weighted by molar-refractivity contribution is 0.295. The Labute approximate surface area is 155 Å². The average Bonchev–Trinajstić information content (AvgIpc) is 2.55. The topological polar surface area (TPSA) is 151 Å². The monoisotopic (exact) mass is 432 g/mol. The summed E-state index contributed by atoms with van der Waals surface area (Å²) < 4.78 is 48.2. The van der Waals surface area contributed by atoms with Crippen molar-refractivity contribution in [3.63, 3.8) is 0 Å². The summed E-state index contributed by atoms with van der Waals surface area (Å²) in [6.45, 7) is 0. The van der Waals surface area contributed by atoms with Gasteiger partial charge < -0.3 is 11.5 Å². The van der Waals surface area contributed by atoms with Crippen LogP contribution >= 0.6 is 31.6 Å². The van der Waals surface area contributed by atoms with E-state index in [0.29, 0.717) is 6.42 Å². The lowest BCUT2D eigenvalue weighted by atomic mass is 9.94. The van der Waals surface area contributed by atoms with Gasteiger partial charge in [0.2, 0.25) is 0 Å². The van der Waals surface area contributed by atoms with Crippen LogP contribution in [0.1, 0.15) is 12.0 Å². The molecule has 5 N–H and O–H groups in total. The van der Waals surface area contributed by atoms with Crippen LogP contribution < -0.4 is 11.5 Å². The molecule has 140 valence electrons. The molecule has 2 rings (SSSR count). The van der Waals surface area contributed by atoms with Crippen molar-refractivity contribution < 1.29 is 29.7 Å². The van der Waals surface area contributed by atoms with Crippen LogP contribution in [0.15, 0.2) is 48.6 Å². The third kappa shape index (κ3) is 8.43. The minimum absolute atomic E-state index is 0.668. The predicted molar refractivity (Wildman–Crippen MR) is 93.4 cm³/mol. The SMILES string of the molecule is NC1(N)C=CC(c2ccccc2)=CC1.O=P(OCl)(OCl)OS(=O)(=O)O. The number of benzene rings is 1. The molecule has 25 heavy (non-hydrogen) atoms. The molecule has 13 heteroatoms. The maximum Gasteiger partial charge on any atom is 0.524 e. The molecule has 9 nitrogen and oxygen atoms in total. The molecule has 0 spiro atoms. The normalized spacial score (nSPS) is 16.6. The van der Waals surface area contributed by atoms with Crippen molar-refractivity contribution >= 4 is 47.5 Å². The second kappa shape index (κ2) is 9.24. The molecule has 0 amide bonds. The number of rotatable bonds is 5. The predicted octanol–water partition coefficient (Wildman–Crippen LogP) is 2.90. The van der Waals surface area contributed by atoms with Gasteiger partial charge >= 0.3 is 18.2 Å². The molecule has 1 aromatic rings. The van der Waals surface area contributed by atoms with Crippen molar-refractivity contribution in [2.75, 3.05) is 0 Å². The second-order valence-electron chi connectivity index (χ2n) is 4.76. The third-order valence-corrected chi connectivity index (χ3v) is 5.55. The van der Waals surface area contributed by atoms with Gasteiger partial charge in [-0.3, -0.25) is 4.55 Å². The second-order valence-corrected chi connectivity index (χ2v) is 8.21. The van der Waals surface area contributed by atoms with Crippen LogP contribution in [-0.2, 0) is 27.1 Å². The Morgan fingerprint density at radius 3 is 2.08 bits per heavy atom. The number of phosphoric acid groups is 1. The van der Waals surface area contributed by atoms with Crippen LogP contribution in [-0.4, -0.2) is 18.6 Å². The van der Waals surface area contributed by atoms with E-state index in [1.54, 1.807) is 0 Å². The summed E-state index contributed by atoms with van der Waals surface area (Å²) in [6.07, 6.45) is 6.61. The van der Waals surface area contributed by atoms with E-state index in [-0.39, 0.29) is 0 Å². The van der Waals surface area contributed by atoms with E-state index in [9.17, 15) is 13.0 Å². The smallest absolute Gasteiger partial charge is 0.310 e. The molecule has 1 aliphatic rings. The molecule has 1 aromatic carbocycles. The Balaban J connectivity index is 0.000000260. The summed E-state index contributed by atoms with van der Waals surface area (Å²) in [4.78, 5) is 0. The van der Waals surface area contributed by atoms with Crippen molar-refractivity contribution in [1.82, 2.24) is 0 Å². The average molecular weight is 433 g/mol. The van der Waals surface area contributed by atoms with E-state index in [4.69, 9.17) is 16.0 Å². The molecule has 1 aliphatic carbocycles. The van der Waals surface area contributed by atoms with Gasteiger partial charge in [0.05, 0.1) is 29.4 Å². The van der Waals surface area contributed by atoms with Gasteiger partial charge in [-0.05, 0) is 17.2 Å². The first-order valence-electron chi connectivity index (χ1n) is 6.42. The van der Waals surface area contributed by atoms with Crippen molar-refractivity contribution in [1.29, 1.82) is 0 Å². The zero-order chi connectivity index (χ0) is 19.1. The highest BCUT2D eigenvalue weighted by atomic mass is 35.5. The van der Waals surface area contributed by atoms with Crippen LogP contribution in [0.2, 0.25) is 0 Å². The fourth-order valence-electron chi connectivity index (χ4n) is 1.66. The molecule has 0 bridgehead atoms. The molecular weight excluding hydrogens is 418 g/mol. The summed E-state index contributed by atoms with van der Waals surface area (Å²) in [6, 6.07) is 10.2. The fourth-order valence-corrected chi connectivity index (χ4v) is 3.46. The van der Waals surface area contributed by atoms with Gasteiger partial charge in [-0.25, -0.2) is 4.57 Å². The van der Waals surface area contributed by atoms with Gasteiger partial charge in [0, 0.05) is 6.42 Å². The van der Waals surface area contributed by atoms with E-state index in [1.165, 1.54) is 11.1 Å². The van der Waals surface area contributed by atoms with Gasteiger partial charge in [0.15, 0.2) is 0 Å². The van der Waals surface area contributed by atoms with Crippen LogP contribution in [0.5, 0.6) is 0 Å². The molecule has 0 atom stereocenters. The summed E-state index contributed by atoms with van der Waals surface area (Å²) in [7, 11) is -9.60. The summed E-state index contributed by atoms with van der Waals surface area (Å²) >= 11 is 8.88. The first kappa shape index (κ1) is 22.3. The molecule has 0 radical (unpaired) electrons. The third-order valence-electron chi connectivity index (χ3n) is 2.71. The van der Waals surface area contributed by atoms with Crippen molar-refractivity contribution in [3.05, 3.63) is 54.1 Å². The van der Waals surface area contributed by atoms with E-state index in [0.717, 1.165) is 0 Å². The van der Waals surface area contributed by atoms with E-state index < -0.39 is 23.9 Å². The molecule has 0 heterocycles. The van der Waals surface area contributed by atoms with Crippen LogP contribution in [0.25, 0.3) is 5.57 Å². The van der Waals surface area contributed by atoms with Crippen LogP contribution in [0.3, 0.4) is 0 Å². The van der Waals surface area contributed by atoms with Gasteiger partial charge in [-0.2, -0.15) is 16.6 Å². The summed E-state index contributed by atoms with van der Waals surface area (Å²) in [5.41, 5.74) is 13.3.